The molecule has 0 spiro atoms. The van der Waals surface area contributed by atoms with Crippen LogP contribution >= 0.6 is 11.8 Å². The minimum Gasteiger partial charge on any atom is -0.352 e. The molecule has 0 atom stereocenters. The summed E-state index contributed by atoms with van der Waals surface area (Å²) in [5, 5.41) is 3.88. The molecular weight excluding hydrogens is 402 g/mol. The number of benzene rings is 3. The zero-order valence-corrected chi connectivity index (χ0v) is 18.3. The topological polar surface area (TPSA) is 57.8 Å². The number of aromatic amines is 1. The number of aryl methyl sites for hydroxylation is 1. The van der Waals surface area contributed by atoms with E-state index < -0.39 is 0 Å². The van der Waals surface area contributed by atoms with Crippen molar-refractivity contribution in [2.24, 2.45) is 0 Å². The van der Waals surface area contributed by atoms with E-state index >= 15 is 0 Å². The maximum atomic E-state index is 12.2. The first-order chi connectivity index (χ1) is 15.2. The molecule has 5 heteroatoms. The zero-order valence-electron chi connectivity index (χ0n) is 17.5. The number of rotatable bonds is 8. The maximum Gasteiger partial charge on any atom is 0.251 e. The molecule has 2 N–H and O–H groups in total. The Morgan fingerprint density at radius 3 is 2.23 bits per heavy atom. The van der Waals surface area contributed by atoms with Crippen molar-refractivity contribution in [2.45, 2.75) is 18.5 Å². The van der Waals surface area contributed by atoms with Gasteiger partial charge in [0.25, 0.3) is 5.91 Å². The van der Waals surface area contributed by atoms with Gasteiger partial charge in [-0.05, 0) is 25.5 Å². The summed E-state index contributed by atoms with van der Waals surface area (Å²) in [6.07, 6.45) is 0.865. The number of carbonyl (C=O) groups excluding carboxylic acids is 1. The second kappa shape index (κ2) is 10.1. The molecule has 0 radical (unpaired) electrons. The van der Waals surface area contributed by atoms with Crippen LogP contribution in [0.25, 0.3) is 22.5 Å². The number of hydrogen-bond donors (Lipinski definition) is 2. The Morgan fingerprint density at radius 1 is 0.903 bits per heavy atom. The van der Waals surface area contributed by atoms with Gasteiger partial charge in [-0.15, -0.1) is 0 Å². The van der Waals surface area contributed by atoms with E-state index in [1.54, 1.807) is 11.8 Å². The van der Waals surface area contributed by atoms with Crippen molar-refractivity contribution >= 4 is 17.7 Å². The highest BCUT2D eigenvalue weighted by atomic mass is 32.2. The molecule has 0 aliphatic carbocycles. The third kappa shape index (κ3) is 5.44. The molecule has 156 valence electrons. The Hall–Kier alpha value is -3.31. The summed E-state index contributed by atoms with van der Waals surface area (Å²) in [7, 11) is 0. The van der Waals surface area contributed by atoms with Crippen LogP contribution in [-0.2, 0) is 0 Å². The number of nitrogens with one attached hydrogen (secondary N) is 2. The number of hydrogen-bond acceptors (Lipinski definition) is 3. The average molecular weight is 428 g/mol. The average Bonchev–Trinajstić information content (AvgIpc) is 3.24. The summed E-state index contributed by atoms with van der Waals surface area (Å²) in [5.74, 6) is 0.838. The Balaban J connectivity index is 1.37. The maximum absolute atomic E-state index is 12.2. The molecule has 0 unspecified atom stereocenters. The molecule has 4 rings (SSSR count). The highest BCUT2D eigenvalue weighted by molar-refractivity contribution is 7.99. The largest absolute Gasteiger partial charge is 0.352 e. The lowest BCUT2D eigenvalue weighted by molar-refractivity contribution is 0.0954. The summed E-state index contributed by atoms with van der Waals surface area (Å²) < 4.78 is 0. The van der Waals surface area contributed by atoms with E-state index in [1.165, 1.54) is 0 Å². The molecule has 4 aromatic rings. The van der Waals surface area contributed by atoms with E-state index in [4.69, 9.17) is 4.98 Å². The van der Waals surface area contributed by atoms with Crippen molar-refractivity contribution in [3.8, 4) is 22.5 Å². The second-order valence-electron chi connectivity index (χ2n) is 7.32. The van der Waals surface area contributed by atoms with Crippen molar-refractivity contribution in [1.82, 2.24) is 15.3 Å². The van der Waals surface area contributed by atoms with Gasteiger partial charge in [-0.3, -0.25) is 4.79 Å². The third-order valence-electron chi connectivity index (χ3n) is 4.95. The van der Waals surface area contributed by atoms with Gasteiger partial charge in [0, 0.05) is 29.0 Å². The summed E-state index contributed by atoms with van der Waals surface area (Å²) in [6, 6.07) is 28.1. The Labute approximate surface area is 187 Å². The Morgan fingerprint density at radius 2 is 1.55 bits per heavy atom. The van der Waals surface area contributed by atoms with Gasteiger partial charge in [0.15, 0.2) is 5.16 Å². The molecule has 1 heterocycles. The van der Waals surface area contributed by atoms with Gasteiger partial charge in [-0.1, -0.05) is 90.1 Å². The Kier molecular flexibility index (Phi) is 6.85. The molecule has 0 bridgehead atoms. The first-order valence-electron chi connectivity index (χ1n) is 10.4. The normalized spacial score (nSPS) is 10.7. The zero-order chi connectivity index (χ0) is 21.5. The molecule has 4 nitrogen and oxygen atoms in total. The van der Waals surface area contributed by atoms with Gasteiger partial charge in [0.05, 0.1) is 11.4 Å². The third-order valence-corrected chi connectivity index (χ3v) is 5.91. The fraction of sp³-hybridized carbons (Fsp3) is 0.154. The lowest BCUT2D eigenvalue weighted by Crippen LogP contribution is -2.24. The molecule has 0 aliphatic rings. The molecular formula is C26H25N3OS. The number of H-pyrrole nitrogens is 1. The second-order valence-corrected chi connectivity index (χ2v) is 8.41. The van der Waals surface area contributed by atoms with Gasteiger partial charge >= 0.3 is 0 Å². The van der Waals surface area contributed by atoms with Crippen LogP contribution in [0.2, 0.25) is 0 Å². The fourth-order valence-electron chi connectivity index (χ4n) is 3.29. The minimum atomic E-state index is -0.0271. The van der Waals surface area contributed by atoms with E-state index in [0.717, 1.165) is 45.4 Å². The smallest absolute Gasteiger partial charge is 0.251 e. The van der Waals surface area contributed by atoms with Crippen molar-refractivity contribution in [1.29, 1.82) is 0 Å². The van der Waals surface area contributed by atoms with E-state index in [9.17, 15) is 4.79 Å². The fourth-order valence-corrected chi connectivity index (χ4v) is 4.10. The molecule has 31 heavy (non-hydrogen) atoms. The van der Waals surface area contributed by atoms with Crippen molar-refractivity contribution in [3.05, 3.63) is 96.1 Å². The number of aromatic nitrogens is 2. The molecule has 1 amide bonds. The number of thioether (sulfide) groups is 1. The highest BCUT2D eigenvalue weighted by Crippen LogP contribution is 2.32. The van der Waals surface area contributed by atoms with Gasteiger partial charge < -0.3 is 10.3 Å². The van der Waals surface area contributed by atoms with Crippen LogP contribution in [0.5, 0.6) is 0 Å². The van der Waals surface area contributed by atoms with Crippen LogP contribution in [0.4, 0.5) is 0 Å². The predicted octanol–water partition coefficient (Wildman–Crippen LogP) is 5.96. The number of carbonyl (C=O) groups is 1. The van der Waals surface area contributed by atoms with Crippen molar-refractivity contribution in [2.75, 3.05) is 12.3 Å². The molecule has 3 aromatic carbocycles. The minimum absolute atomic E-state index is 0.0271. The number of amides is 1. The number of nitrogens with zero attached hydrogens (tertiary/aromatic N) is 1. The van der Waals surface area contributed by atoms with Gasteiger partial charge in [-0.2, -0.15) is 0 Å². The molecule has 0 fully saturated rings. The highest BCUT2D eigenvalue weighted by Gasteiger charge is 2.14. The van der Waals surface area contributed by atoms with Gasteiger partial charge in [-0.25, -0.2) is 4.98 Å². The van der Waals surface area contributed by atoms with Crippen molar-refractivity contribution < 1.29 is 4.79 Å². The lowest BCUT2D eigenvalue weighted by Gasteiger charge is -2.05. The van der Waals surface area contributed by atoms with Crippen LogP contribution in [0.3, 0.4) is 0 Å². The summed E-state index contributed by atoms with van der Waals surface area (Å²) in [4.78, 5) is 20.6. The van der Waals surface area contributed by atoms with Crippen LogP contribution in [0.15, 0.2) is 90.1 Å². The summed E-state index contributed by atoms with van der Waals surface area (Å²) >= 11 is 1.68. The van der Waals surface area contributed by atoms with Crippen LogP contribution in [0.1, 0.15) is 22.3 Å². The van der Waals surface area contributed by atoms with Crippen LogP contribution < -0.4 is 5.32 Å². The lowest BCUT2D eigenvalue weighted by atomic mass is 10.1. The Bertz CT molecular complexity index is 1070. The summed E-state index contributed by atoms with van der Waals surface area (Å²) in [6.45, 7) is 2.65. The van der Waals surface area contributed by atoms with E-state index in [2.05, 4.69) is 34.6 Å². The van der Waals surface area contributed by atoms with E-state index in [0.29, 0.717) is 12.1 Å². The van der Waals surface area contributed by atoms with E-state index in [-0.39, 0.29) is 5.91 Å². The molecule has 0 saturated heterocycles. The summed E-state index contributed by atoms with van der Waals surface area (Å²) in [5.41, 5.74) is 6.05. The van der Waals surface area contributed by atoms with E-state index in [1.807, 2.05) is 67.6 Å². The first-order valence-corrected chi connectivity index (χ1v) is 11.4. The number of imidazole rings is 1. The van der Waals surface area contributed by atoms with Gasteiger partial charge in [0.2, 0.25) is 0 Å². The molecule has 1 aromatic heterocycles. The first kappa shape index (κ1) is 20.9. The van der Waals surface area contributed by atoms with Crippen molar-refractivity contribution in [3.63, 3.8) is 0 Å². The van der Waals surface area contributed by atoms with Crippen LogP contribution in [0, 0.1) is 6.92 Å². The molecule has 0 aliphatic heterocycles. The molecule has 0 saturated carbocycles. The predicted molar refractivity (Wildman–Crippen MR) is 128 cm³/mol. The van der Waals surface area contributed by atoms with Gasteiger partial charge in [0.1, 0.15) is 0 Å². The monoisotopic (exact) mass is 427 g/mol. The SMILES string of the molecule is Cc1ccc(C(=O)NCCCSc2nc(-c3ccccc3)c(-c3ccccc3)[nH]2)cc1. The van der Waals surface area contributed by atoms with Crippen LogP contribution in [-0.4, -0.2) is 28.2 Å². The quantitative estimate of drug-likeness (QED) is 0.269. The standard InChI is InChI=1S/C26H25N3OS/c1-19-13-15-22(16-14-19)25(30)27-17-8-18-31-26-28-23(20-9-4-2-5-10-20)24(29-26)21-11-6-3-7-12-21/h2-7,9-16H,8,17-18H2,1H3,(H,27,30)(H,28,29).